The number of nitro groups is 1. The molecule has 0 fully saturated rings. The molecular formula is C11H11NO3. The summed E-state index contributed by atoms with van der Waals surface area (Å²) in [6, 6.07) is 5.03. The van der Waals surface area contributed by atoms with E-state index in [2.05, 4.69) is 6.58 Å². The van der Waals surface area contributed by atoms with Crippen molar-refractivity contribution in [1.82, 2.24) is 0 Å². The number of hydrogen-bond donors (Lipinski definition) is 0. The van der Waals surface area contributed by atoms with Crippen LogP contribution in [0.3, 0.4) is 0 Å². The first-order valence-corrected chi connectivity index (χ1v) is 4.72. The first kappa shape index (κ1) is 9.86. The lowest BCUT2D eigenvalue weighted by atomic mass is 9.98. The Morgan fingerprint density at radius 1 is 1.47 bits per heavy atom. The maximum absolute atomic E-state index is 10.9. The quantitative estimate of drug-likeness (QED) is 0.523. The summed E-state index contributed by atoms with van der Waals surface area (Å²) in [6.45, 7) is 4.87. The monoisotopic (exact) mass is 205 g/mol. The van der Waals surface area contributed by atoms with Crippen molar-refractivity contribution in [2.75, 3.05) is 6.61 Å². The van der Waals surface area contributed by atoms with E-state index < -0.39 is 0 Å². The molecule has 0 aromatic heterocycles. The minimum absolute atomic E-state index is 0.128. The smallest absolute Gasteiger partial charge is 0.277 e. The topological polar surface area (TPSA) is 52.4 Å². The van der Waals surface area contributed by atoms with Crippen LogP contribution >= 0.6 is 0 Å². The van der Waals surface area contributed by atoms with E-state index in [1.54, 1.807) is 6.07 Å². The molecule has 4 heteroatoms. The van der Waals surface area contributed by atoms with E-state index >= 15 is 0 Å². The zero-order valence-corrected chi connectivity index (χ0v) is 8.23. The lowest BCUT2D eigenvalue weighted by Crippen LogP contribution is -1.97. The fourth-order valence-electron chi connectivity index (χ4n) is 1.77. The summed E-state index contributed by atoms with van der Waals surface area (Å²) in [5, 5.41) is 10.9. The van der Waals surface area contributed by atoms with E-state index in [0.717, 1.165) is 11.1 Å². The van der Waals surface area contributed by atoms with Gasteiger partial charge in [0.25, 0.3) is 5.69 Å². The second kappa shape index (κ2) is 3.82. The molecule has 0 unspecified atom stereocenters. The van der Waals surface area contributed by atoms with Gasteiger partial charge in [0, 0.05) is 6.07 Å². The molecule has 1 aromatic carbocycles. The van der Waals surface area contributed by atoms with Gasteiger partial charge in [0.1, 0.15) is 0 Å². The Morgan fingerprint density at radius 3 is 3.00 bits per heavy atom. The molecular weight excluding hydrogens is 194 g/mol. The van der Waals surface area contributed by atoms with Gasteiger partial charge < -0.3 is 4.74 Å². The summed E-state index contributed by atoms with van der Waals surface area (Å²) in [7, 11) is 0. The highest BCUT2D eigenvalue weighted by Crippen LogP contribution is 2.32. The van der Waals surface area contributed by atoms with Crippen LogP contribution in [0.2, 0.25) is 0 Å². The van der Waals surface area contributed by atoms with Gasteiger partial charge in [-0.1, -0.05) is 18.7 Å². The SMILES string of the molecule is C=C1CCOCc2cccc([N+](=O)[O-])c21. The van der Waals surface area contributed by atoms with Crippen LogP contribution in [-0.4, -0.2) is 11.5 Å². The third-order valence-corrected chi connectivity index (χ3v) is 2.48. The van der Waals surface area contributed by atoms with E-state index in [1.165, 1.54) is 6.07 Å². The van der Waals surface area contributed by atoms with Gasteiger partial charge in [-0.05, 0) is 17.6 Å². The molecule has 0 saturated heterocycles. The average molecular weight is 205 g/mol. The molecule has 1 aromatic rings. The van der Waals surface area contributed by atoms with E-state index in [4.69, 9.17) is 4.74 Å². The highest BCUT2D eigenvalue weighted by atomic mass is 16.6. The number of fused-ring (bicyclic) bond motifs is 1. The van der Waals surface area contributed by atoms with Crippen molar-refractivity contribution in [3.63, 3.8) is 0 Å². The van der Waals surface area contributed by atoms with Crippen molar-refractivity contribution in [3.05, 3.63) is 46.0 Å². The predicted octanol–water partition coefficient (Wildman–Crippen LogP) is 2.53. The van der Waals surface area contributed by atoms with Crippen LogP contribution < -0.4 is 0 Å². The first-order valence-electron chi connectivity index (χ1n) is 4.72. The zero-order valence-electron chi connectivity index (χ0n) is 8.23. The van der Waals surface area contributed by atoms with Crippen LogP contribution in [0.25, 0.3) is 5.57 Å². The molecule has 1 aliphatic heterocycles. The molecule has 0 saturated carbocycles. The number of nitro benzene ring substituents is 1. The van der Waals surface area contributed by atoms with E-state index in [9.17, 15) is 10.1 Å². The number of hydrogen-bond acceptors (Lipinski definition) is 3. The van der Waals surface area contributed by atoms with Crippen LogP contribution in [0, 0.1) is 10.1 Å². The molecule has 4 nitrogen and oxygen atoms in total. The van der Waals surface area contributed by atoms with Crippen LogP contribution in [0.1, 0.15) is 17.5 Å². The summed E-state index contributed by atoms with van der Waals surface area (Å²) in [5.41, 5.74) is 2.42. The van der Waals surface area contributed by atoms with E-state index in [-0.39, 0.29) is 10.6 Å². The Bertz CT molecular complexity index is 426. The summed E-state index contributed by atoms with van der Waals surface area (Å²) >= 11 is 0. The Morgan fingerprint density at radius 2 is 2.27 bits per heavy atom. The predicted molar refractivity (Wildman–Crippen MR) is 56.4 cm³/mol. The summed E-state index contributed by atoms with van der Waals surface area (Å²) in [4.78, 5) is 10.5. The van der Waals surface area contributed by atoms with Gasteiger partial charge in [-0.25, -0.2) is 0 Å². The van der Waals surface area contributed by atoms with Crippen molar-refractivity contribution >= 4 is 11.3 Å². The fourth-order valence-corrected chi connectivity index (χ4v) is 1.77. The minimum atomic E-state index is -0.366. The van der Waals surface area contributed by atoms with Gasteiger partial charge in [-0.15, -0.1) is 0 Å². The van der Waals surface area contributed by atoms with Crippen LogP contribution in [0.15, 0.2) is 24.8 Å². The number of rotatable bonds is 1. The molecule has 0 aliphatic carbocycles. The standard InChI is InChI=1S/C11H11NO3/c1-8-5-6-15-7-9-3-2-4-10(11(8)9)12(13)14/h2-4H,1,5-7H2. The molecule has 15 heavy (non-hydrogen) atoms. The number of ether oxygens (including phenoxy) is 1. The maximum Gasteiger partial charge on any atom is 0.277 e. The highest BCUT2D eigenvalue weighted by molar-refractivity contribution is 5.74. The van der Waals surface area contributed by atoms with Crippen molar-refractivity contribution < 1.29 is 9.66 Å². The van der Waals surface area contributed by atoms with Crippen molar-refractivity contribution in [2.45, 2.75) is 13.0 Å². The second-order valence-corrected chi connectivity index (χ2v) is 3.47. The first-order chi connectivity index (χ1) is 7.20. The van der Waals surface area contributed by atoms with E-state index in [0.29, 0.717) is 25.2 Å². The molecule has 0 radical (unpaired) electrons. The number of benzene rings is 1. The van der Waals surface area contributed by atoms with Gasteiger partial charge in [0.05, 0.1) is 23.7 Å². The third-order valence-electron chi connectivity index (χ3n) is 2.48. The lowest BCUT2D eigenvalue weighted by Gasteiger charge is -2.06. The van der Waals surface area contributed by atoms with Gasteiger partial charge in [0.2, 0.25) is 0 Å². The summed E-state index contributed by atoms with van der Waals surface area (Å²) in [6.07, 6.45) is 0.651. The molecule has 78 valence electrons. The molecule has 0 bridgehead atoms. The van der Waals surface area contributed by atoms with Crippen molar-refractivity contribution in [2.24, 2.45) is 0 Å². The van der Waals surface area contributed by atoms with Crippen LogP contribution in [-0.2, 0) is 11.3 Å². The normalized spacial score (nSPS) is 15.6. The molecule has 0 amide bonds. The van der Waals surface area contributed by atoms with Gasteiger partial charge >= 0.3 is 0 Å². The lowest BCUT2D eigenvalue weighted by molar-refractivity contribution is -0.385. The molecule has 1 aliphatic rings. The minimum Gasteiger partial charge on any atom is -0.376 e. The van der Waals surface area contributed by atoms with Crippen molar-refractivity contribution in [1.29, 1.82) is 0 Å². The molecule has 0 N–H and O–H groups in total. The summed E-state index contributed by atoms with van der Waals surface area (Å²) in [5.74, 6) is 0. The van der Waals surface area contributed by atoms with Gasteiger partial charge in [-0.2, -0.15) is 0 Å². The molecule has 2 rings (SSSR count). The third kappa shape index (κ3) is 1.76. The Labute approximate surface area is 87.3 Å². The second-order valence-electron chi connectivity index (χ2n) is 3.47. The van der Waals surface area contributed by atoms with Gasteiger partial charge in [0.15, 0.2) is 0 Å². The Kier molecular flexibility index (Phi) is 2.51. The Hall–Kier alpha value is -1.68. The molecule has 0 atom stereocenters. The molecule has 1 heterocycles. The Balaban J connectivity index is 2.60. The highest BCUT2D eigenvalue weighted by Gasteiger charge is 2.21. The number of nitrogens with zero attached hydrogens (tertiary/aromatic N) is 1. The van der Waals surface area contributed by atoms with E-state index in [1.807, 2.05) is 6.07 Å². The maximum atomic E-state index is 10.9. The molecule has 0 spiro atoms. The summed E-state index contributed by atoms with van der Waals surface area (Å²) < 4.78 is 5.34. The van der Waals surface area contributed by atoms with Crippen molar-refractivity contribution in [3.8, 4) is 0 Å². The van der Waals surface area contributed by atoms with Crippen LogP contribution in [0.5, 0.6) is 0 Å². The van der Waals surface area contributed by atoms with Crippen LogP contribution in [0.4, 0.5) is 5.69 Å². The average Bonchev–Trinajstić information content (AvgIpc) is 2.40. The largest absolute Gasteiger partial charge is 0.376 e. The zero-order chi connectivity index (χ0) is 10.8. The van der Waals surface area contributed by atoms with Gasteiger partial charge in [-0.3, -0.25) is 10.1 Å². The fraction of sp³-hybridized carbons (Fsp3) is 0.273.